The molecule has 2 aliphatic heterocycles. The molecule has 0 aliphatic carbocycles. The van der Waals surface area contributed by atoms with Gasteiger partial charge in [-0.3, -0.25) is 4.79 Å². The van der Waals surface area contributed by atoms with Crippen LogP contribution >= 0.6 is 0 Å². The molecule has 0 radical (unpaired) electrons. The summed E-state index contributed by atoms with van der Waals surface area (Å²) in [5.74, 6) is -0.196. The van der Waals surface area contributed by atoms with Crippen molar-refractivity contribution in [3.63, 3.8) is 0 Å². The van der Waals surface area contributed by atoms with Gasteiger partial charge in [0.2, 0.25) is 5.88 Å². The number of nitrogens with one attached hydrogen (secondary N) is 3. The largest absolute Gasteiger partial charge is 0.492 e. The molecule has 34 heavy (non-hydrogen) atoms. The van der Waals surface area contributed by atoms with Gasteiger partial charge in [0.05, 0.1) is 35.9 Å². The number of carbonyl (C=O) groups is 1. The lowest BCUT2D eigenvalue weighted by Crippen LogP contribution is -2.34. The number of hydrogen-bond acceptors (Lipinski definition) is 6. The Labute approximate surface area is 193 Å². The number of aromatic amines is 1. The minimum atomic E-state index is -0.508. The van der Waals surface area contributed by atoms with E-state index in [1.807, 2.05) is 18.2 Å². The van der Waals surface area contributed by atoms with E-state index in [4.69, 9.17) is 9.47 Å². The van der Waals surface area contributed by atoms with E-state index >= 15 is 0 Å². The summed E-state index contributed by atoms with van der Waals surface area (Å²) >= 11 is 0. The van der Waals surface area contributed by atoms with E-state index in [0.29, 0.717) is 59.4 Å². The highest BCUT2D eigenvalue weighted by Gasteiger charge is 2.33. The molecule has 6 rings (SSSR count). The number of anilines is 2. The summed E-state index contributed by atoms with van der Waals surface area (Å²) in [5.41, 5.74) is 4.03. The number of carbonyl (C=O) groups excluding carboxylic acids is 1. The monoisotopic (exact) mass is 460 g/mol. The molecule has 2 aliphatic rings. The van der Waals surface area contributed by atoms with Crippen LogP contribution in [0.2, 0.25) is 0 Å². The standard InChI is InChI=1S/C24H21FN6O3/c1-33-23-14(25)6-4-7-15(23)28-22-19-20-13(11-27-24(19)32)5-2-3-10-34-18-9-8-17-26-12-16(21(22)29-20)31(17)30-18/h2-4,6-9,12-13,28-29H,5,10-11H2,1H3,(H,27,32)/b3-2-/t13-/m0/s1. The SMILES string of the molecule is COc1c(F)cccc1Nc1c2[nH]c3c1C(=O)NC[C@@H]3C/C=C\COc1ccc3ncc-2n3n1. The minimum Gasteiger partial charge on any atom is -0.492 e. The van der Waals surface area contributed by atoms with Crippen molar-refractivity contribution in [3.05, 3.63) is 65.8 Å². The van der Waals surface area contributed by atoms with Crippen LogP contribution in [0.1, 0.15) is 28.4 Å². The Morgan fingerprint density at radius 2 is 2.18 bits per heavy atom. The topological polar surface area (TPSA) is 106 Å². The third-order valence-corrected chi connectivity index (χ3v) is 6.11. The summed E-state index contributed by atoms with van der Waals surface area (Å²) < 4.78 is 27.2. The Hall–Kier alpha value is -4.34. The van der Waals surface area contributed by atoms with Crippen LogP contribution in [-0.4, -0.2) is 45.8 Å². The molecular weight excluding hydrogens is 439 g/mol. The van der Waals surface area contributed by atoms with Gasteiger partial charge in [-0.2, -0.15) is 0 Å². The highest BCUT2D eigenvalue weighted by atomic mass is 19.1. The number of H-pyrrole nitrogens is 1. The molecule has 172 valence electrons. The molecule has 0 fully saturated rings. The third kappa shape index (κ3) is 3.18. The fourth-order valence-corrected chi connectivity index (χ4v) is 4.50. The molecule has 0 spiro atoms. The molecule has 1 aromatic carbocycles. The third-order valence-electron chi connectivity index (χ3n) is 6.11. The molecule has 0 saturated heterocycles. The van der Waals surface area contributed by atoms with Gasteiger partial charge in [-0.1, -0.05) is 18.2 Å². The van der Waals surface area contributed by atoms with E-state index in [2.05, 4.69) is 25.7 Å². The normalized spacial score (nSPS) is 17.8. The Morgan fingerprint density at radius 3 is 3.06 bits per heavy atom. The molecule has 3 N–H and O–H groups in total. The van der Waals surface area contributed by atoms with Crippen LogP contribution in [0.5, 0.6) is 11.6 Å². The highest BCUT2D eigenvalue weighted by molar-refractivity contribution is 6.06. The number of fused-ring (bicyclic) bond motifs is 3. The van der Waals surface area contributed by atoms with Crippen molar-refractivity contribution in [2.45, 2.75) is 12.3 Å². The van der Waals surface area contributed by atoms with Crippen LogP contribution in [0.25, 0.3) is 17.0 Å². The molecule has 10 heteroatoms. The molecule has 4 aromatic rings. The van der Waals surface area contributed by atoms with E-state index in [1.54, 1.807) is 28.9 Å². The van der Waals surface area contributed by atoms with Crippen molar-refractivity contribution in [2.75, 3.05) is 25.6 Å². The number of hydrogen-bond donors (Lipinski definition) is 3. The van der Waals surface area contributed by atoms with Crippen molar-refractivity contribution in [2.24, 2.45) is 0 Å². The molecule has 9 nitrogen and oxygen atoms in total. The van der Waals surface area contributed by atoms with Crippen molar-refractivity contribution in [1.82, 2.24) is 24.9 Å². The van der Waals surface area contributed by atoms with Gasteiger partial charge < -0.3 is 25.1 Å². The number of rotatable bonds is 3. The lowest BCUT2D eigenvalue weighted by molar-refractivity contribution is 0.0941. The lowest BCUT2D eigenvalue weighted by atomic mass is 9.93. The van der Waals surface area contributed by atoms with Gasteiger partial charge in [0, 0.05) is 24.2 Å². The van der Waals surface area contributed by atoms with E-state index in [1.165, 1.54) is 13.2 Å². The number of aromatic nitrogens is 4. The smallest absolute Gasteiger partial charge is 0.255 e. The number of nitrogens with zero attached hydrogens (tertiary/aromatic N) is 3. The van der Waals surface area contributed by atoms with E-state index in [0.717, 1.165) is 5.69 Å². The molecule has 4 bridgehead atoms. The predicted molar refractivity (Wildman–Crippen MR) is 123 cm³/mol. The van der Waals surface area contributed by atoms with Crippen LogP contribution in [0.15, 0.2) is 48.7 Å². The maximum atomic E-state index is 14.4. The van der Waals surface area contributed by atoms with Crippen molar-refractivity contribution in [1.29, 1.82) is 0 Å². The fourth-order valence-electron chi connectivity index (χ4n) is 4.50. The summed E-state index contributed by atoms with van der Waals surface area (Å²) in [5, 5.41) is 10.8. The predicted octanol–water partition coefficient (Wildman–Crippen LogP) is 3.78. The van der Waals surface area contributed by atoms with E-state index in [9.17, 15) is 9.18 Å². The molecule has 5 heterocycles. The first-order chi connectivity index (χ1) is 16.6. The average Bonchev–Trinajstić information content (AvgIpc) is 3.42. The average molecular weight is 460 g/mol. The number of ether oxygens (including phenoxy) is 2. The molecular formula is C24H21FN6O3. The first-order valence-electron chi connectivity index (χ1n) is 10.9. The summed E-state index contributed by atoms with van der Waals surface area (Å²) in [6, 6.07) is 8.18. The molecule has 1 amide bonds. The van der Waals surface area contributed by atoms with Crippen LogP contribution in [0.4, 0.5) is 15.8 Å². The Morgan fingerprint density at radius 1 is 1.26 bits per heavy atom. The van der Waals surface area contributed by atoms with Gasteiger partial charge in [0.1, 0.15) is 12.3 Å². The zero-order valence-corrected chi connectivity index (χ0v) is 18.3. The van der Waals surface area contributed by atoms with Crippen LogP contribution in [0, 0.1) is 5.82 Å². The molecule has 3 aromatic heterocycles. The number of imidazole rings is 1. The van der Waals surface area contributed by atoms with Crippen molar-refractivity contribution >= 4 is 22.9 Å². The van der Waals surface area contributed by atoms with Crippen LogP contribution < -0.4 is 20.1 Å². The summed E-state index contributed by atoms with van der Waals surface area (Å²) in [6.07, 6.45) is 6.36. The number of methoxy groups -OCH3 is 1. The second-order valence-electron chi connectivity index (χ2n) is 8.12. The number of halogens is 1. The van der Waals surface area contributed by atoms with E-state index < -0.39 is 5.82 Å². The summed E-state index contributed by atoms with van der Waals surface area (Å²) in [4.78, 5) is 21.0. The molecule has 0 unspecified atom stereocenters. The number of benzene rings is 1. The number of allylic oxidation sites excluding steroid dienone is 1. The summed E-state index contributed by atoms with van der Waals surface area (Å²) in [7, 11) is 1.40. The second kappa shape index (κ2) is 7.91. The van der Waals surface area contributed by atoms with E-state index in [-0.39, 0.29) is 17.6 Å². The number of amides is 1. The Balaban J connectivity index is 1.62. The Kier molecular flexibility index (Phi) is 4.72. The van der Waals surface area contributed by atoms with Gasteiger partial charge in [-0.25, -0.2) is 13.9 Å². The van der Waals surface area contributed by atoms with Gasteiger partial charge >= 0.3 is 0 Å². The fraction of sp³-hybridized carbons (Fsp3) is 0.208. The first-order valence-corrected chi connectivity index (χ1v) is 10.9. The quantitative estimate of drug-likeness (QED) is 0.402. The van der Waals surface area contributed by atoms with Crippen molar-refractivity contribution in [3.8, 4) is 23.0 Å². The maximum Gasteiger partial charge on any atom is 0.255 e. The molecule has 1 atom stereocenters. The van der Waals surface area contributed by atoms with Crippen molar-refractivity contribution < 1.29 is 18.7 Å². The van der Waals surface area contributed by atoms with Gasteiger partial charge in [0.15, 0.2) is 17.2 Å². The number of para-hydroxylation sites is 1. The maximum absolute atomic E-state index is 14.4. The van der Waals surface area contributed by atoms with Crippen LogP contribution in [-0.2, 0) is 0 Å². The lowest BCUT2D eigenvalue weighted by Gasteiger charge is -2.23. The Bertz CT molecular complexity index is 1460. The first kappa shape index (κ1) is 20.3. The summed E-state index contributed by atoms with van der Waals surface area (Å²) in [6.45, 7) is 0.878. The highest BCUT2D eigenvalue weighted by Crippen LogP contribution is 2.42. The minimum absolute atomic E-state index is 0.0212. The van der Waals surface area contributed by atoms with Crippen LogP contribution in [0.3, 0.4) is 0 Å². The second-order valence-corrected chi connectivity index (χ2v) is 8.12. The van der Waals surface area contributed by atoms with Gasteiger partial charge in [-0.15, -0.1) is 5.10 Å². The molecule has 0 saturated carbocycles. The zero-order valence-electron chi connectivity index (χ0n) is 18.3. The van der Waals surface area contributed by atoms with Gasteiger partial charge in [-0.05, 0) is 24.6 Å². The zero-order chi connectivity index (χ0) is 23.2. The van der Waals surface area contributed by atoms with Gasteiger partial charge in [0.25, 0.3) is 5.91 Å².